The number of likely N-dealkylation sites (tertiary alicyclic amines) is 1. The highest BCUT2D eigenvalue weighted by molar-refractivity contribution is 7.14. The third kappa shape index (κ3) is 8.78. The SMILES string of the molecule is O=C(N(CCCCOc1ccc(-c2csc(N3CCNCC3)n2)cc1)C1CCN(Cc2ccc(Cl)c(Cl)c2)CC1)C(F)(F)F. The molecule has 0 spiro atoms. The quantitative estimate of drug-likeness (QED) is 0.228. The van der Waals surface area contributed by atoms with E-state index in [9.17, 15) is 18.0 Å². The number of alkyl halides is 3. The number of nitrogens with zero attached hydrogens (tertiary/aromatic N) is 4. The zero-order valence-electron chi connectivity index (χ0n) is 24.3. The van der Waals surface area contributed by atoms with E-state index in [0.717, 1.165) is 53.0 Å². The molecule has 2 saturated heterocycles. The maximum absolute atomic E-state index is 13.5. The Labute approximate surface area is 269 Å². The fraction of sp³-hybridized carbons (Fsp3) is 0.484. The summed E-state index contributed by atoms with van der Waals surface area (Å²) in [6.45, 7) is 5.99. The van der Waals surface area contributed by atoms with E-state index in [1.165, 1.54) is 0 Å². The third-order valence-corrected chi connectivity index (χ3v) is 9.62. The second kappa shape index (κ2) is 15.1. The molecule has 1 aromatic heterocycles. The number of carbonyl (C=O) groups is 1. The predicted octanol–water partition coefficient (Wildman–Crippen LogP) is 6.74. The molecule has 7 nitrogen and oxygen atoms in total. The number of piperazine rings is 1. The summed E-state index contributed by atoms with van der Waals surface area (Å²) in [6.07, 6.45) is -3.02. The summed E-state index contributed by atoms with van der Waals surface area (Å²) in [5, 5.41) is 7.37. The average Bonchev–Trinajstić information content (AvgIpc) is 3.52. The second-order valence-electron chi connectivity index (χ2n) is 11.1. The van der Waals surface area contributed by atoms with Gasteiger partial charge in [-0.15, -0.1) is 11.3 Å². The molecule has 2 aliphatic heterocycles. The number of unbranched alkanes of at least 4 members (excludes halogenated alkanes) is 1. The summed E-state index contributed by atoms with van der Waals surface area (Å²) in [5.74, 6) is -1.08. The van der Waals surface area contributed by atoms with Crippen LogP contribution >= 0.6 is 34.5 Å². The van der Waals surface area contributed by atoms with Gasteiger partial charge < -0.3 is 19.9 Å². The summed E-state index contributed by atoms with van der Waals surface area (Å²) in [6, 6.07) is 12.7. The molecule has 3 aromatic rings. The van der Waals surface area contributed by atoms with Crippen molar-refractivity contribution in [2.24, 2.45) is 0 Å². The van der Waals surface area contributed by atoms with Gasteiger partial charge in [0.25, 0.3) is 0 Å². The maximum Gasteiger partial charge on any atom is 0.471 e. The summed E-state index contributed by atoms with van der Waals surface area (Å²) in [7, 11) is 0. The molecule has 0 atom stereocenters. The van der Waals surface area contributed by atoms with E-state index in [-0.39, 0.29) is 6.54 Å². The Morgan fingerprint density at radius 3 is 2.43 bits per heavy atom. The fourth-order valence-corrected chi connectivity index (χ4v) is 6.80. The van der Waals surface area contributed by atoms with Gasteiger partial charge in [0.15, 0.2) is 5.13 Å². The number of piperidine rings is 1. The molecule has 0 bridgehead atoms. The van der Waals surface area contributed by atoms with Crippen LogP contribution < -0.4 is 15.0 Å². The number of ether oxygens (including phenoxy) is 1. The third-order valence-electron chi connectivity index (χ3n) is 7.98. The smallest absolute Gasteiger partial charge is 0.471 e. The minimum absolute atomic E-state index is 0.0390. The first-order chi connectivity index (χ1) is 21.2. The van der Waals surface area contributed by atoms with E-state index in [2.05, 4.69) is 20.5 Å². The van der Waals surface area contributed by atoms with Crippen molar-refractivity contribution < 1.29 is 22.7 Å². The Morgan fingerprint density at radius 2 is 1.75 bits per heavy atom. The molecule has 13 heteroatoms. The van der Waals surface area contributed by atoms with Crippen LogP contribution in [0, 0.1) is 0 Å². The molecule has 1 amide bonds. The Kier molecular flexibility index (Phi) is 11.3. The van der Waals surface area contributed by atoms with E-state index in [4.69, 9.17) is 32.9 Å². The molecule has 2 fully saturated rings. The number of thiazole rings is 1. The normalized spacial score (nSPS) is 16.7. The molecule has 238 valence electrons. The molecule has 0 saturated carbocycles. The molecule has 2 aromatic carbocycles. The number of benzene rings is 2. The largest absolute Gasteiger partial charge is 0.494 e. The number of amides is 1. The highest BCUT2D eigenvalue weighted by atomic mass is 35.5. The Morgan fingerprint density at radius 1 is 1.02 bits per heavy atom. The molecule has 0 aliphatic carbocycles. The van der Waals surface area contributed by atoms with Crippen molar-refractivity contribution in [1.29, 1.82) is 0 Å². The van der Waals surface area contributed by atoms with E-state index >= 15 is 0 Å². The van der Waals surface area contributed by atoms with E-state index in [1.54, 1.807) is 23.5 Å². The van der Waals surface area contributed by atoms with Gasteiger partial charge in [0.1, 0.15) is 5.75 Å². The Hall–Kier alpha value is -2.57. The van der Waals surface area contributed by atoms with Crippen LogP contribution in [0.4, 0.5) is 18.3 Å². The molecule has 0 unspecified atom stereocenters. The lowest BCUT2D eigenvalue weighted by Gasteiger charge is -2.39. The summed E-state index contributed by atoms with van der Waals surface area (Å²) >= 11 is 13.8. The summed E-state index contributed by atoms with van der Waals surface area (Å²) in [5.41, 5.74) is 2.91. The Bertz CT molecular complexity index is 1380. The van der Waals surface area contributed by atoms with Gasteiger partial charge in [0, 0.05) is 69.3 Å². The highest BCUT2D eigenvalue weighted by Gasteiger charge is 2.44. The Balaban J connectivity index is 1.07. The van der Waals surface area contributed by atoms with Crippen molar-refractivity contribution in [1.82, 2.24) is 20.1 Å². The number of hydrogen-bond acceptors (Lipinski definition) is 7. The van der Waals surface area contributed by atoms with Gasteiger partial charge in [0.05, 0.1) is 22.3 Å². The zero-order chi connectivity index (χ0) is 31.1. The lowest BCUT2D eigenvalue weighted by atomic mass is 10.0. The average molecular weight is 671 g/mol. The fourth-order valence-electron chi connectivity index (χ4n) is 5.59. The standard InChI is InChI=1S/C31H36Cl2F3N5O2S/c32-26-8-3-22(19-27(26)33)20-39-14-9-24(10-15-39)41(29(42)31(34,35)36)13-1-2-18-43-25-6-4-23(5-7-25)28-21-44-30(38-28)40-16-11-37-12-17-40/h3-8,19,21,24,37H,1-2,9-18,20H2. The van der Waals surface area contributed by atoms with Crippen LogP contribution in [-0.2, 0) is 11.3 Å². The number of carbonyl (C=O) groups excluding carboxylic acids is 1. The van der Waals surface area contributed by atoms with Crippen LogP contribution in [0.3, 0.4) is 0 Å². The van der Waals surface area contributed by atoms with E-state index in [0.29, 0.717) is 67.7 Å². The molecule has 5 rings (SSSR count). The van der Waals surface area contributed by atoms with Crippen LogP contribution in [0.25, 0.3) is 11.3 Å². The minimum Gasteiger partial charge on any atom is -0.494 e. The van der Waals surface area contributed by atoms with Crippen molar-refractivity contribution in [3.05, 3.63) is 63.5 Å². The number of nitrogens with one attached hydrogen (secondary N) is 1. The van der Waals surface area contributed by atoms with Crippen molar-refractivity contribution in [2.75, 3.05) is 57.3 Å². The lowest BCUT2D eigenvalue weighted by Crippen LogP contribution is -2.51. The van der Waals surface area contributed by atoms with Crippen molar-refractivity contribution >= 4 is 45.6 Å². The number of aromatic nitrogens is 1. The number of rotatable bonds is 11. The van der Waals surface area contributed by atoms with Gasteiger partial charge >= 0.3 is 12.1 Å². The lowest BCUT2D eigenvalue weighted by molar-refractivity contribution is -0.188. The maximum atomic E-state index is 13.5. The first kappa shape index (κ1) is 32.8. The van der Waals surface area contributed by atoms with Gasteiger partial charge in [-0.25, -0.2) is 4.98 Å². The van der Waals surface area contributed by atoms with Crippen LogP contribution in [0.2, 0.25) is 10.0 Å². The van der Waals surface area contributed by atoms with Gasteiger partial charge in [-0.1, -0.05) is 29.3 Å². The van der Waals surface area contributed by atoms with Crippen molar-refractivity contribution in [3.8, 4) is 17.0 Å². The van der Waals surface area contributed by atoms with Crippen LogP contribution in [0.5, 0.6) is 5.75 Å². The number of halogens is 5. The highest BCUT2D eigenvalue weighted by Crippen LogP contribution is 2.30. The van der Waals surface area contributed by atoms with Crippen LogP contribution in [0.1, 0.15) is 31.2 Å². The molecular weight excluding hydrogens is 634 g/mol. The van der Waals surface area contributed by atoms with Gasteiger partial charge in [-0.2, -0.15) is 13.2 Å². The van der Waals surface area contributed by atoms with E-state index in [1.807, 2.05) is 30.3 Å². The zero-order valence-corrected chi connectivity index (χ0v) is 26.6. The molecular formula is C31H36Cl2F3N5O2S. The van der Waals surface area contributed by atoms with Crippen molar-refractivity contribution in [3.63, 3.8) is 0 Å². The molecule has 3 heterocycles. The van der Waals surface area contributed by atoms with Crippen LogP contribution in [-0.4, -0.2) is 85.3 Å². The second-order valence-corrected chi connectivity index (χ2v) is 12.7. The monoisotopic (exact) mass is 669 g/mol. The van der Waals surface area contributed by atoms with Gasteiger partial charge in [0.2, 0.25) is 0 Å². The summed E-state index contributed by atoms with van der Waals surface area (Å²) < 4.78 is 46.3. The minimum atomic E-state index is -4.90. The first-order valence-corrected chi connectivity index (χ1v) is 16.5. The molecule has 0 radical (unpaired) electrons. The topological polar surface area (TPSA) is 60.9 Å². The molecule has 44 heavy (non-hydrogen) atoms. The van der Waals surface area contributed by atoms with Crippen molar-refractivity contribution in [2.45, 2.75) is 44.4 Å². The predicted molar refractivity (Wildman–Crippen MR) is 170 cm³/mol. The molecule has 2 aliphatic rings. The van der Waals surface area contributed by atoms with E-state index < -0.39 is 18.1 Å². The molecule has 1 N–H and O–H groups in total. The van der Waals surface area contributed by atoms with Crippen LogP contribution in [0.15, 0.2) is 47.8 Å². The van der Waals surface area contributed by atoms with Gasteiger partial charge in [-0.3, -0.25) is 9.69 Å². The number of anilines is 1. The number of hydrogen-bond donors (Lipinski definition) is 1. The summed E-state index contributed by atoms with van der Waals surface area (Å²) in [4.78, 5) is 22.6. The first-order valence-electron chi connectivity index (χ1n) is 14.9. The van der Waals surface area contributed by atoms with Gasteiger partial charge in [-0.05, 0) is 67.6 Å².